The molecule has 0 aromatic heterocycles. The van der Waals surface area contributed by atoms with Crippen molar-refractivity contribution >= 4 is 27.8 Å². The second-order valence-corrected chi connectivity index (χ2v) is 4.60. The minimum absolute atomic E-state index is 0.664. The number of rotatable bonds is 3. The monoisotopic (exact) mass is 264 g/mol. The van der Waals surface area contributed by atoms with E-state index < -0.39 is 0 Å². The van der Waals surface area contributed by atoms with Crippen molar-refractivity contribution in [3.8, 4) is 5.75 Å². The first-order valence-corrected chi connectivity index (χ1v) is 6.46. The summed E-state index contributed by atoms with van der Waals surface area (Å²) in [6.45, 7) is 0. The minimum Gasteiger partial charge on any atom is -0.497 e. The Labute approximate surface area is 118 Å². The van der Waals surface area contributed by atoms with Gasteiger partial charge in [-0.3, -0.25) is 0 Å². The number of hydrogen-bond acceptors (Lipinski definition) is 3. The molecule has 0 aliphatic carbocycles. The molecular formula is C17H16N2O. The molecule has 0 atom stereocenters. The Morgan fingerprint density at radius 3 is 2.50 bits per heavy atom. The van der Waals surface area contributed by atoms with Crippen LogP contribution in [0.2, 0.25) is 0 Å². The SMILES string of the molecule is COc1ccc(Nc2cccc3ccccc23)c(N)c1. The predicted octanol–water partition coefficient (Wildman–Crippen LogP) is 4.17. The van der Waals surface area contributed by atoms with E-state index >= 15 is 0 Å². The number of hydrogen-bond donors (Lipinski definition) is 2. The Morgan fingerprint density at radius 1 is 0.900 bits per heavy atom. The fourth-order valence-electron chi connectivity index (χ4n) is 2.26. The zero-order chi connectivity index (χ0) is 13.9. The summed E-state index contributed by atoms with van der Waals surface area (Å²) in [6.07, 6.45) is 0. The molecule has 3 nitrogen and oxygen atoms in total. The average molecular weight is 264 g/mol. The molecule has 0 amide bonds. The van der Waals surface area contributed by atoms with E-state index in [0.717, 1.165) is 17.1 Å². The van der Waals surface area contributed by atoms with Crippen molar-refractivity contribution in [2.24, 2.45) is 0 Å². The summed E-state index contributed by atoms with van der Waals surface area (Å²) in [5.41, 5.74) is 8.63. The maximum Gasteiger partial charge on any atom is 0.121 e. The van der Waals surface area contributed by atoms with Gasteiger partial charge in [-0.1, -0.05) is 36.4 Å². The zero-order valence-corrected chi connectivity index (χ0v) is 11.3. The molecule has 0 fully saturated rings. The minimum atomic E-state index is 0.664. The molecule has 3 rings (SSSR count). The average Bonchev–Trinajstić information content (AvgIpc) is 2.49. The molecule has 3 aromatic carbocycles. The van der Waals surface area contributed by atoms with Crippen LogP contribution < -0.4 is 15.8 Å². The van der Waals surface area contributed by atoms with Gasteiger partial charge in [0.2, 0.25) is 0 Å². The Balaban J connectivity index is 2.01. The zero-order valence-electron chi connectivity index (χ0n) is 11.3. The molecule has 0 heterocycles. The normalized spacial score (nSPS) is 10.4. The number of ether oxygens (including phenoxy) is 1. The van der Waals surface area contributed by atoms with Gasteiger partial charge >= 0.3 is 0 Å². The summed E-state index contributed by atoms with van der Waals surface area (Å²) in [5.74, 6) is 0.756. The van der Waals surface area contributed by atoms with Gasteiger partial charge in [-0.15, -0.1) is 0 Å². The smallest absolute Gasteiger partial charge is 0.121 e. The molecule has 0 aliphatic heterocycles. The van der Waals surface area contributed by atoms with Gasteiger partial charge in [0, 0.05) is 17.1 Å². The van der Waals surface area contributed by atoms with E-state index in [-0.39, 0.29) is 0 Å². The summed E-state index contributed by atoms with van der Waals surface area (Å²) in [6, 6.07) is 20.1. The van der Waals surface area contributed by atoms with Gasteiger partial charge in [-0.05, 0) is 23.6 Å². The Morgan fingerprint density at radius 2 is 1.70 bits per heavy atom. The molecule has 0 bridgehead atoms. The number of fused-ring (bicyclic) bond motifs is 1. The first-order valence-electron chi connectivity index (χ1n) is 6.46. The van der Waals surface area contributed by atoms with Crippen molar-refractivity contribution in [1.82, 2.24) is 0 Å². The summed E-state index contributed by atoms with van der Waals surface area (Å²) in [7, 11) is 1.63. The lowest BCUT2D eigenvalue weighted by Gasteiger charge is -2.12. The molecule has 0 aliphatic rings. The Hall–Kier alpha value is -2.68. The molecule has 0 saturated heterocycles. The maximum absolute atomic E-state index is 6.05. The van der Waals surface area contributed by atoms with Gasteiger partial charge in [0.05, 0.1) is 18.5 Å². The van der Waals surface area contributed by atoms with E-state index in [4.69, 9.17) is 10.5 Å². The predicted molar refractivity (Wildman–Crippen MR) is 84.6 cm³/mol. The molecule has 20 heavy (non-hydrogen) atoms. The van der Waals surface area contributed by atoms with Crippen molar-refractivity contribution in [1.29, 1.82) is 0 Å². The van der Waals surface area contributed by atoms with Gasteiger partial charge in [0.1, 0.15) is 5.75 Å². The van der Waals surface area contributed by atoms with Crippen molar-refractivity contribution in [2.45, 2.75) is 0 Å². The third kappa shape index (κ3) is 2.26. The molecular weight excluding hydrogens is 248 g/mol. The highest BCUT2D eigenvalue weighted by Gasteiger charge is 2.04. The van der Waals surface area contributed by atoms with Crippen LogP contribution in [0.4, 0.5) is 17.1 Å². The molecule has 100 valence electrons. The van der Waals surface area contributed by atoms with Crippen molar-refractivity contribution < 1.29 is 4.74 Å². The van der Waals surface area contributed by atoms with E-state index in [2.05, 4.69) is 23.5 Å². The van der Waals surface area contributed by atoms with Crippen LogP contribution in [0.3, 0.4) is 0 Å². The number of benzene rings is 3. The third-order valence-corrected chi connectivity index (χ3v) is 3.32. The van der Waals surface area contributed by atoms with Gasteiger partial charge < -0.3 is 15.8 Å². The second-order valence-electron chi connectivity index (χ2n) is 4.60. The van der Waals surface area contributed by atoms with Crippen LogP contribution in [0.1, 0.15) is 0 Å². The van der Waals surface area contributed by atoms with Gasteiger partial charge in [-0.25, -0.2) is 0 Å². The fraction of sp³-hybridized carbons (Fsp3) is 0.0588. The lowest BCUT2D eigenvalue weighted by molar-refractivity contribution is 0.415. The summed E-state index contributed by atoms with van der Waals surface area (Å²) in [5, 5.41) is 5.76. The molecule has 0 spiro atoms. The van der Waals surface area contributed by atoms with Gasteiger partial charge in [0.25, 0.3) is 0 Å². The van der Waals surface area contributed by atoms with Crippen molar-refractivity contribution in [2.75, 3.05) is 18.2 Å². The van der Waals surface area contributed by atoms with E-state index in [1.807, 2.05) is 42.5 Å². The van der Waals surface area contributed by atoms with Crippen LogP contribution in [-0.2, 0) is 0 Å². The Bertz CT molecular complexity index is 748. The van der Waals surface area contributed by atoms with Gasteiger partial charge in [0.15, 0.2) is 0 Å². The van der Waals surface area contributed by atoms with Crippen LogP contribution >= 0.6 is 0 Å². The summed E-state index contributed by atoms with van der Waals surface area (Å²) >= 11 is 0. The number of nitrogens with one attached hydrogen (secondary N) is 1. The van der Waals surface area contributed by atoms with E-state index in [9.17, 15) is 0 Å². The van der Waals surface area contributed by atoms with Crippen molar-refractivity contribution in [3.63, 3.8) is 0 Å². The topological polar surface area (TPSA) is 47.3 Å². The molecule has 0 unspecified atom stereocenters. The van der Waals surface area contributed by atoms with E-state index in [1.54, 1.807) is 7.11 Å². The number of nitrogens with two attached hydrogens (primary N) is 1. The lowest BCUT2D eigenvalue weighted by atomic mass is 10.1. The highest BCUT2D eigenvalue weighted by molar-refractivity contribution is 5.96. The van der Waals surface area contributed by atoms with Gasteiger partial charge in [-0.2, -0.15) is 0 Å². The van der Waals surface area contributed by atoms with Crippen molar-refractivity contribution in [3.05, 3.63) is 60.7 Å². The van der Waals surface area contributed by atoms with Crippen LogP contribution in [0, 0.1) is 0 Å². The summed E-state index contributed by atoms with van der Waals surface area (Å²) < 4.78 is 5.16. The van der Waals surface area contributed by atoms with Crippen LogP contribution in [0.5, 0.6) is 5.75 Å². The highest BCUT2D eigenvalue weighted by atomic mass is 16.5. The highest BCUT2D eigenvalue weighted by Crippen LogP contribution is 2.30. The summed E-state index contributed by atoms with van der Waals surface area (Å²) in [4.78, 5) is 0. The van der Waals surface area contributed by atoms with E-state index in [1.165, 1.54) is 10.8 Å². The molecule has 0 radical (unpaired) electrons. The standard InChI is InChI=1S/C17H16N2O/c1-20-13-9-10-17(15(18)11-13)19-16-8-4-6-12-5-2-3-7-14(12)16/h2-11,19H,18H2,1H3. The quantitative estimate of drug-likeness (QED) is 0.698. The molecule has 3 heteroatoms. The number of methoxy groups -OCH3 is 1. The maximum atomic E-state index is 6.05. The second kappa shape index (κ2) is 5.13. The number of anilines is 3. The first kappa shape index (κ1) is 12.4. The first-order chi connectivity index (χ1) is 9.78. The largest absolute Gasteiger partial charge is 0.497 e. The lowest BCUT2D eigenvalue weighted by Crippen LogP contribution is -1.97. The van der Waals surface area contributed by atoms with E-state index in [0.29, 0.717) is 5.69 Å². The van der Waals surface area contributed by atoms with Crippen LogP contribution in [0.25, 0.3) is 10.8 Å². The number of nitrogen functional groups attached to an aromatic ring is 1. The molecule has 3 aromatic rings. The fourth-order valence-corrected chi connectivity index (χ4v) is 2.26. The van der Waals surface area contributed by atoms with Crippen LogP contribution in [-0.4, -0.2) is 7.11 Å². The molecule has 3 N–H and O–H groups in total. The Kier molecular flexibility index (Phi) is 3.17. The third-order valence-electron chi connectivity index (χ3n) is 3.32. The van der Waals surface area contributed by atoms with Crippen LogP contribution in [0.15, 0.2) is 60.7 Å². The molecule has 0 saturated carbocycles.